The van der Waals surface area contributed by atoms with Gasteiger partial charge in [-0.15, -0.1) is 0 Å². The molecule has 5 rings (SSSR count). The Labute approximate surface area is 233 Å². The largest absolute Gasteiger partial charge is 0.334 e. The number of anilines is 1. The lowest BCUT2D eigenvalue weighted by Crippen LogP contribution is -2.47. The molecule has 1 N–H and O–H groups in total. The number of hydrogen-bond acceptors (Lipinski definition) is 5. The van der Waals surface area contributed by atoms with E-state index in [2.05, 4.69) is 21.4 Å². The summed E-state index contributed by atoms with van der Waals surface area (Å²) in [5.41, 5.74) is 2.97. The molecule has 0 atom stereocenters. The number of benzene rings is 2. The maximum absolute atomic E-state index is 13.6. The quantitative estimate of drug-likeness (QED) is 0.306. The Morgan fingerprint density at radius 3 is 2.42 bits per heavy atom. The van der Waals surface area contributed by atoms with Crippen molar-refractivity contribution in [2.75, 3.05) is 4.90 Å². The highest BCUT2D eigenvalue weighted by atomic mass is 16.2. The Morgan fingerprint density at radius 1 is 1.00 bits per heavy atom. The first-order valence-corrected chi connectivity index (χ1v) is 13.4. The number of pyridine rings is 2. The van der Waals surface area contributed by atoms with Crippen molar-refractivity contribution in [3.8, 4) is 11.8 Å². The van der Waals surface area contributed by atoms with Crippen LogP contribution in [0.2, 0.25) is 0 Å². The fraction of sp³-hybridized carbons (Fsp3) is 0.219. The molecule has 0 saturated heterocycles. The maximum Gasteiger partial charge on any atom is 0.322 e. The summed E-state index contributed by atoms with van der Waals surface area (Å²) in [5.74, 6) is 0.871. The number of nitrogens with zero attached hydrogens (tertiary/aromatic N) is 5. The van der Waals surface area contributed by atoms with Gasteiger partial charge < -0.3 is 5.32 Å². The zero-order valence-corrected chi connectivity index (χ0v) is 22.1. The highest BCUT2D eigenvalue weighted by Gasteiger charge is 2.29. The molecule has 8 heteroatoms. The predicted octanol–water partition coefficient (Wildman–Crippen LogP) is 5.78. The van der Waals surface area contributed by atoms with Gasteiger partial charge in [-0.2, -0.15) is 5.26 Å². The zero-order valence-electron chi connectivity index (χ0n) is 22.1. The molecule has 1 saturated carbocycles. The number of aromatic nitrogens is 2. The van der Waals surface area contributed by atoms with Gasteiger partial charge in [-0.3, -0.25) is 14.3 Å². The van der Waals surface area contributed by atoms with Crippen LogP contribution in [0.1, 0.15) is 36.8 Å². The average molecular weight is 531 g/mol. The maximum atomic E-state index is 13.6. The fourth-order valence-corrected chi connectivity index (χ4v) is 4.99. The second kappa shape index (κ2) is 12.7. The van der Waals surface area contributed by atoms with Crippen molar-refractivity contribution < 1.29 is 4.79 Å². The minimum absolute atomic E-state index is 0.0266. The third-order valence-electron chi connectivity index (χ3n) is 7.14. The molecule has 2 aromatic carbocycles. The summed E-state index contributed by atoms with van der Waals surface area (Å²) in [6.07, 6.45) is 8.64. The van der Waals surface area contributed by atoms with E-state index >= 15 is 0 Å². The number of nitriles is 1. The van der Waals surface area contributed by atoms with Gasteiger partial charge in [0, 0.05) is 48.6 Å². The van der Waals surface area contributed by atoms with Crippen molar-refractivity contribution in [3.05, 3.63) is 119 Å². The van der Waals surface area contributed by atoms with Crippen molar-refractivity contribution in [2.45, 2.75) is 38.3 Å². The van der Waals surface area contributed by atoms with Crippen LogP contribution in [0.4, 0.5) is 16.3 Å². The number of aliphatic imine (C=N–C) groups is 1. The highest BCUT2D eigenvalue weighted by Crippen LogP contribution is 2.31. The number of carbonyl (C=O) groups excluding carboxylic acids is 1. The van der Waals surface area contributed by atoms with Gasteiger partial charge in [-0.25, -0.2) is 14.8 Å². The molecule has 0 unspecified atom stereocenters. The number of carbonyl (C=O) groups is 1. The summed E-state index contributed by atoms with van der Waals surface area (Å²) in [7, 11) is 0. The van der Waals surface area contributed by atoms with Gasteiger partial charge in [0.05, 0.1) is 5.56 Å². The molecule has 1 fully saturated rings. The third kappa shape index (κ3) is 6.51. The Kier molecular flexibility index (Phi) is 8.42. The van der Waals surface area contributed by atoms with Crippen LogP contribution >= 0.6 is 0 Å². The highest BCUT2D eigenvalue weighted by molar-refractivity contribution is 5.92. The molecular weight excluding hydrogens is 500 g/mol. The van der Waals surface area contributed by atoms with Crippen molar-refractivity contribution >= 4 is 23.8 Å². The van der Waals surface area contributed by atoms with E-state index < -0.39 is 0 Å². The molecule has 40 heavy (non-hydrogen) atoms. The van der Waals surface area contributed by atoms with E-state index in [0.29, 0.717) is 17.9 Å². The van der Waals surface area contributed by atoms with E-state index in [4.69, 9.17) is 5.26 Å². The first kappa shape index (κ1) is 26.6. The Balaban J connectivity index is 1.31. The molecule has 1 aliphatic carbocycles. The number of hydrogen-bond donors (Lipinski definition) is 1. The predicted molar refractivity (Wildman–Crippen MR) is 156 cm³/mol. The van der Waals surface area contributed by atoms with E-state index in [0.717, 1.165) is 42.6 Å². The summed E-state index contributed by atoms with van der Waals surface area (Å²) in [5, 5.41) is 12.0. The van der Waals surface area contributed by atoms with E-state index in [1.807, 2.05) is 71.8 Å². The van der Waals surface area contributed by atoms with Gasteiger partial charge in [0.2, 0.25) is 0 Å². The van der Waals surface area contributed by atoms with Gasteiger partial charge in [-0.05, 0) is 79.6 Å². The van der Waals surface area contributed by atoms with Gasteiger partial charge in [-0.1, -0.05) is 36.4 Å². The molecule has 0 radical (unpaired) electrons. The molecule has 1 aliphatic rings. The van der Waals surface area contributed by atoms with Crippen LogP contribution in [-0.4, -0.2) is 27.8 Å². The van der Waals surface area contributed by atoms with Crippen LogP contribution in [0.25, 0.3) is 5.69 Å². The molecular formula is C32H30N6O2. The van der Waals surface area contributed by atoms with Gasteiger partial charge in [0.15, 0.2) is 5.82 Å². The minimum Gasteiger partial charge on any atom is -0.334 e. The summed E-state index contributed by atoms with van der Waals surface area (Å²) in [6, 6.07) is 27.9. The van der Waals surface area contributed by atoms with Crippen LogP contribution in [0.3, 0.4) is 0 Å². The number of nitrogens with one attached hydrogen (secondary N) is 1. The van der Waals surface area contributed by atoms with Gasteiger partial charge in [0.1, 0.15) is 6.07 Å². The lowest BCUT2D eigenvalue weighted by Gasteiger charge is -2.36. The van der Waals surface area contributed by atoms with E-state index in [9.17, 15) is 9.59 Å². The standard InChI is InChI=1S/C32H30N6O2/c33-20-26-11-18-30(35-23-26)34-21-25-9-12-28(13-10-25)38(32(40)36-22-24-6-2-1-3-7-24)29-16-14-27(15-17-29)37-19-5-4-8-31(37)39/h1-8,11,14-19,21,23,25,28H,9-10,12-13,22H2,(H,36,40)/b34-21+. The second-order valence-corrected chi connectivity index (χ2v) is 9.80. The van der Waals surface area contributed by atoms with Crippen molar-refractivity contribution in [3.63, 3.8) is 0 Å². The van der Waals surface area contributed by atoms with Crippen LogP contribution in [-0.2, 0) is 6.54 Å². The fourth-order valence-electron chi connectivity index (χ4n) is 4.99. The smallest absolute Gasteiger partial charge is 0.322 e. The lowest BCUT2D eigenvalue weighted by molar-refractivity contribution is 0.240. The Bertz CT molecular complexity index is 1550. The molecule has 0 aliphatic heterocycles. The van der Waals surface area contributed by atoms with Crippen LogP contribution in [0.15, 0.2) is 107 Å². The molecule has 2 heterocycles. The second-order valence-electron chi connectivity index (χ2n) is 9.80. The molecule has 200 valence electrons. The number of urea groups is 1. The third-order valence-corrected chi connectivity index (χ3v) is 7.14. The van der Waals surface area contributed by atoms with E-state index in [-0.39, 0.29) is 23.6 Å². The Morgan fingerprint density at radius 2 is 1.75 bits per heavy atom. The van der Waals surface area contributed by atoms with Crippen LogP contribution < -0.4 is 15.8 Å². The molecule has 2 aromatic heterocycles. The molecule has 0 bridgehead atoms. The average Bonchev–Trinajstić information content (AvgIpc) is 3.01. The van der Waals surface area contributed by atoms with Crippen LogP contribution in [0.5, 0.6) is 0 Å². The zero-order chi connectivity index (χ0) is 27.7. The number of rotatable bonds is 7. The number of amides is 2. The Hall–Kier alpha value is -5.03. The van der Waals surface area contributed by atoms with Gasteiger partial charge >= 0.3 is 6.03 Å². The molecule has 0 spiro atoms. The summed E-state index contributed by atoms with van der Waals surface area (Å²) >= 11 is 0. The lowest BCUT2D eigenvalue weighted by atomic mass is 9.86. The van der Waals surface area contributed by atoms with E-state index in [1.54, 1.807) is 29.0 Å². The molecule has 8 nitrogen and oxygen atoms in total. The minimum atomic E-state index is -0.146. The molecule has 4 aromatic rings. The topological polar surface area (TPSA) is 103 Å². The normalized spacial score (nSPS) is 16.8. The van der Waals surface area contributed by atoms with Crippen molar-refractivity contribution in [1.82, 2.24) is 14.9 Å². The van der Waals surface area contributed by atoms with Crippen molar-refractivity contribution in [1.29, 1.82) is 5.26 Å². The van der Waals surface area contributed by atoms with Crippen LogP contribution in [0, 0.1) is 17.2 Å². The summed E-state index contributed by atoms with van der Waals surface area (Å²) in [6.45, 7) is 0.438. The van der Waals surface area contributed by atoms with Gasteiger partial charge in [0.25, 0.3) is 5.56 Å². The first-order chi connectivity index (χ1) is 19.6. The monoisotopic (exact) mass is 530 g/mol. The first-order valence-electron chi connectivity index (χ1n) is 13.4. The SMILES string of the molecule is N#Cc1ccc(/N=C/C2CCC(N(C(=O)NCc3ccccc3)c3ccc(-n4ccccc4=O)cc3)CC2)nc1. The summed E-state index contributed by atoms with van der Waals surface area (Å²) in [4.78, 5) is 36.4. The summed E-state index contributed by atoms with van der Waals surface area (Å²) < 4.78 is 1.58. The van der Waals surface area contributed by atoms with E-state index in [1.165, 1.54) is 12.3 Å². The van der Waals surface area contributed by atoms with Crippen molar-refractivity contribution in [2.24, 2.45) is 10.9 Å². The molecule has 2 amide bonds.